The molecule has 0 radical (unpaired) electrons. The van der Waals surface area contributed by atoms with Crippen molar-refractivity contribution in [3.8, 4) is 21.1 Å². The number of para-hydroxylation sites is 1. The molecule has 0 aliphatic heterocycles. The van der Waals surface area contributed by atoms with E-state index in [-0.39, 0.29) is 0 Å². The zero-order chi connectivity index (χ0) is 22.5. The number of aromatic nitrogens is 2. The highest BCUT2D eigenvalue weighted by molar-refractivity contribution is 7.18. The van der Waals surface area contributed by atoms with Gasteiger partial charge in [-0.1, -0.05) is 64.3 Å². The summed E-state index contributed by atoms with van der Waals surface area (Å²) in [5.74, 6) is -0.503. The van der Waals surface area contributed by atoms with Gasteiger partial charge in [0, 0.05) is 31.4 Å². The molecule has 0 spiro atoms. The third-order valence-corrected chi connectivity index (χ3v) is 6.22. The van der Waals surface area contributed by atoms with Gasteiger partial charge in [-0.15, -0.1) is 10.2 Å². The highest BCUT2D eigenvalue weighted by Crippen LogP contribution is 2.41. The maximum absolute atomic E-state index is 12.0. The highest BCUT2D eigenvalue weighted by Gasteiger charge is 2.20. The first-order valence-corrected chi connectivity index (χ1v) is 11.5. The molecule has 31 heavy (non-hydrogen) atoms. The maximum Gasteiger partial charge on any atom is 0.257 e. The first-order chi connectivity index (χ1) is 14.8. The summed E-state index contributed by atoms with van der Waals surface area (Å²) in [5.41, 5.74) is 3.09. The molecule has 1 heterocycles. The predicted molar refractivity (Wildman–Crippen MR) is 132 cm³/mol. The zero-order valence-electron chi connectivity index (χ0n) is 17.3. The van der Waals surface area contributed by atoms with Gasteiger partial charge in [-0.25, -0.2) is 0 Å². The van der Waals surface area contributed by atoms with Crippen LogP contribution in [-0.4, -0.2) is 60.1 Å². The number of carbonyl (C=O) groups excluding carboxylic acids is 1. The molecule has 0 bridgehead atoms. The molecule has 2 aromatic carbocycles. The van der Waals surface area contributed by atoms with Crippen LogP contribution in [0.3, 0.4) is 0 Å². The van der Waals surface area contributed by atoms with E-state index in [2.05, 4.69) is 25.3 Å². The second-order valence-corrected chi connectivity index (χ2v) is 9.59. The molecule has 1 N–H and O–H groups in total. The number of hydrogen-bond donors (Lipinski definition) is 1. The first kappa shape index (κ1) is 23.8. The normalized spacial score (nSPS) is 11.2. The number of nitrogens with one attached hydrogen (secondary N) is 1. The topological polar surface area (TPSA) is 61.4 Å². The fraction of sp³-hybridized carbons (Fsp3) is 0.286. The van der Waals surface area contributed by atoms with Gasteiger partial charge in [-0.3, -0.25) is 4.79 Å². The number of amides is 1. The molecule has 6 nitrogen and oxygen atoms in total. The molecular formula is C21H22Cl3N5OS. The molecule has 3 rings (SSSR count). The Hall–Kier alpha value is -1.90. The van der Waals surface area contributed by atoms with Crippen molar-refractivity contribution < 1.29 is 4.79 Å². The van der Waals surface area contributed by atoms with Gasteiger partial charge in [-0.2, -0.15) is 0 Å². The minimum atomic E-state index is -1.17. The van der Waals surface area contributed by atoms with Crippen LogP contribution in [0.1, 0.15) is 0 Å². The van der Waals surface area contributed by atoms with E-state index >= 15 is 0 Å². The molecule has 0 saturated carbocycles. The number of halogens is 3. The van der Waals surface area contributed by atoms with E-state index in [4.69, 9.17) is 34.8 Å². The second-order valence-electron chi connectivity index (χ2n) is 7.11. The average Bonchev–Trinajstić information content (AvgIpc) is 3.21. The number of hydrogen-bond acceptors (Lipinski definition) is 6. The Morgan fingerprint density at radius 1 is 1.03 bits per heavy atom. The van der Waals surface area contributed by atoms with Crippen LogP contribution in [0.5, 0.6) is 0 Å². The fourth-order valence-corrected chi connectivity index (χ4v) is 4.29. The number of rotatable bonds is 8. The lowest BCUT2D eigenvalue weighted by atomic mass is 10.1. The molecule has 0 saturated heterocycles. The molecule has 1 aromatic heterocycles. The molecular weight excluding hydrogens is 477 g/mol. The van der Waals surface area contributed by atoms with Gasteiger partial charge in [0.1, 0.15) is 5.01 Å². The van der Waals surface area contributed by atoms with Crippen molar-refractivity contribution in [2.45, 2.75) is 4.84 Å². The van der Waals surface area contributed by atoms with Crippen LogP contribution in [0.4, 0.5) is 11.4 Å². The van der Waals surface area contributed by atoms with Gasteiger partial charge in [-0.05, 0) is 38.4 Å². The smallest absolute Gasteiger partial charge is 0.257 e. The Balaban J connectivity index is 1.97. The van der Waals surface area contributed by atoms with Gasteiger partial charge < -0.3 is 15.1 Å². The molecule has 0 aliphatic carbocycles. The van der Waals surface area contributed by atoms with Gasteiger partial charge in [0.15, 0.2) is 9.84 Å². The summed E-state index contributed by atoms with van der Waals surface area (Å²) in [6.07, 6.45) is 0. The zero-order valence-corrected chi connectivity index (χ0v) is 20.4. The van der Waals surface area contributed by atoms with Crippen LogP contribution >= 0.6 is 46.1 Å². The van der Waals surface area contributed by atoms with Crippen LogP contribution in [0.2, 0.25) is 5.02 Å². The highest BCUT2D eigenvalue weighted by atomic mass is 35.5. The lowest BCUT2D eigenvalue weighted by Gasteiger charge is -2.24. The number of benzene rings is 2. The van der Waals surface area contributed by atoms with Gasteiger partial charge >= 0.3 is 0 Å². The maximum atomic E-state index is 12.0. The Morgan fingerprint density at radius 2 is 1.74 bits per heavy atom. The van der Waals surface area contributed by atoms with Crippen LogP contribution in [0.25, 0.3) is 21.1 Å². The van der Waals surface area contributed by atoms with E-state index in [0.717, 1.165) is 29.9 Å². The first-order valence-electron chi connectivity index (χ1n) is 9.44. The van der Waals surface area contributed by atoms with E-state index in [0.29, 0.717) is 20.7 Å². The van der Waals surface area contributed by atoms with Crippen molar-refractivity contribution in [3.05, 3.63) is 47.5 Å². The van der Waals surface area contributed by atoms with Crippen molar-refractivity contribution in [2.75, 3.05) is 44.4 Å². The minimum Gasteiger partial charge on any atom is -0.373 e. The van der Waals surface area contributed by atoms with Gasteiger partial charge in [0.05, 0.1) is 16.3 Å². The van der Waals surface area contributed by atoms with E-state index in [1.165, 1.54) is 11.3 Å². The monoisotopic (exact) mass is 497 g/mol. The van der Waals surface area contributed by atoms with E-state index < -0.39 is 10.7 Å². The van der Waals surface area contributed by atoms with Crippen molar-refractivity contribution in [1.82, 2.24) is 15.1 Å². The number of likely N-dealkylation sites (N-methyl/N-ethyl adjacent to an activating group) is 2. The Morgan fingerprint density at radius 3 is 2.45 bits per heavy atom. The summed E-state index contributed by atoms with van der Waals surface area (Å²) in [6.45, 7) is 1.73. The number of alkyl halides is 2. The van der Waals surface area contributed by atoms with Crippen molar-refractivity contribution in [3.63, 3.8) is 0 Å². The standard InChI is InChI=1S/C21H22Cl3N5OS/c1-28(2)11-12-29(3)16-10-6-8-14(22)17(16)21-27-26-20(31-21)13-7-4-5-9-15(13)25-19(30)18(23)24/h4-10,18H,11-12H2,1-3H3,(H,25,30). The fourth-order valence-electron chi connectivity index (χ4n) is 2.91. The molecule has 164 valence electrons. The number of anilines is 2. The Labute approximate surface area is 200 Å². The summed E-state index contributed by atoms with van der Waals surface area (Å²) >= 11 is 19.3. The molecule has 0 unspecified atom stereocenters. The lowest BCUT2D eigenvalue weighted by Crippen LogP contribution is -2.28. The minimum absolute atomic E-state index is 0.503. The van der Waals surface area contributed by atoms with Gasteiger partial charge in [0.25, 0.3) is 5.91 Å². The molecule has 0 fully saturated rings. The van der Waals surface area contributed by atoms with Crippen LogP contribution in [0, 0.1) is 0 Å². The van der Waals surface area contributed by atoms with E-state index in [1.54, 1.807) is 6.07 Å². The Kier molecular flexibility index (Phi) is 8.13. The summed E-state index contributed by atoms with van der Waals surface area (Å²) < 4.78 is 0. The number of carbonyl (C=O) groups is 1. The van der Waals surface area contributed by atoms with Crippen LogP contribution in [0.15, 0.2) is 42.5 Å². The molecule has 10 heteroatoms. The molecule has 3 aromatic rings. The van der Waals surface area contributed by atoms with Crippen molar-refractivity contribution >= 4 is 63.4 Å². The lowest BCUT2D eigenvalue weighted by molar-refractivity contribution is -0.114. The second kappa shape index (κ2) is 10.6. The molecule has 0 aliphatic rings. The van der Waals surface area contributed by atoms with Crippen molar-refractivity contribution in [1.29, 1.82) is 0 Å². The van der Waals surface area contributed by atoms with E-state index in [9.17, 15) is 4.79 Å². The quantitative estimate of drug-likeness (QED) is 0.429. The number of nitrogens with zero attached hydrogens (tertiary/aromatic N) is 4. The van der Waals surface area contributed by atoms with Crippen LogP contribution < -0.4 is 10.2 Å². The van der Waals surface area contributed by atoms with Crippen LogP contribution in [-0.2, 0) is 4.79 Å². The average molecular weight is 499 g/mol. The largest absolute Gasteiger partial charge is 0.373 e. The third-order valence-electron chi connectivity index (χ3n) is 4.54. The van der Waals surface area contributed by atoms with Crippen molar-refractivity contribution in [2.24, 2.45) is 0 Å². The van der Waals surface area contributed by atoms with Gasteiger partial charge in [0.2, 0.25) is 0 Å². The SMILES string of the molecule is CN(C)CCN(C)c1cccc(Cl)c1-c1nnc(-c2ccccc2NC(=O)C(Cl)Cl)s1. The molecule has 1 amide bonds. The van der Waals surface area contributed by atoms with E-state index in [1.807, 2.05) is 57.5 Å². The summed E-state index contributed by atoms with van der Waals surface area (Å²) in [7, 11) is 6.10. The molecule has 0 atom stereocenters. The Bertz CT molecular complexity index is 1060. The third kappa shape index (κ3) is 5.87. The predicted octanol–water partition coefficient (Wildman–Crippen LogP) is 5.27. The summed E-state index contributed by atoms with van der Waals surface area (Å²) in [5, 5.41) is 13.4. The summed E-state index contributed by atoms with van der Waals surface area (Å²) in [6, 6.07) is 13.1. The summed E-state index contributed by atoms with van der Waals surface area (Å²) in [4.78, 5) is 15.1.